The largest absolute Gasteiger partial charge is 0.396 e. The fraction of sp³-hybridized carbons (Fsp3) is 0.727. The molecule has 0 aromatic carbocycles. The number of hydrogen-bond donors (Lipinski definition) is 2. The lowest BCUT2D eigenvalue weighted by Gasteiger charge is -2.23. The van der Waals surface area contributed by atoms with Crippen LogP contribution in [-0.4, -0.2) is 46.8 Å². The van der Waals surface area contributed by atoms with E-state index < -0.39 is 10.0 Å². The summed E-state index contributed by atoms with van der Waals surface area (Å²) in [7, 11) is -1.94. The summed E-state index contributed by atoms with van der Waals surface area (Å²) in [5, 5.41) is 12.8. The van der Waals surface area contributed by atoms with Crippen molar-refractivity contribution in [2.24, 2.45) is 7.05 Å². The highest BCUT2D eigenvalue weighted by Gasteiger charge is 2.36. The van der Waals surface area contributed by atoms with E-state index in [1.807, 2.05) is 0 Å². The molecule has 0 amide bonds. The average molecular weight is 288 g/mol. The number of aliphatic hydroxyl groups excluding tert-OH is 1. The van der Waals surface area contributed by atoms with Crippen molar-refractivity contribution >= 4 is 15.8 Å². The second-order valence-corrected chi connectivity index (χ2v) is 6.69. The Morgan fingerprint density at radius 3 is 2.89 bits per heavy atom. The first-order valence-electron chi connectivity index (χ1n) is 6.38. The van der Waals surface area contributed by atoms with Gasteiger partial charge in [0.25, 0.3) is 0 Å². The molecule has 1 fully saturated rings. The Balaban J connectivity index is 2.26. The summed E-state index contributed by atoms with van der Waals surface area (Å²) in [6.07, 6.45) is 4.40. The highest BCUT2D eigenvalue weighted by atomic mass is 32.2. The van der Waals surface area contributed by atoms with Crippen LogP contribution < -0.4 is 5.73 Å². The molecule has 2 rings (SSSR count). The van der Waals surface area contributed by atoms with E-state index >= 15 is 0 Å². The molecular formula is C11H20N4O3S. The van der Waals surface area contributed by atoms with Crippen LogP contribution in [0.5, 0.6) is 0 Å². The standard InChI is InChI=1S/C11H20N4O3S/c1-14-8-10(11(12)13-14)19(17,18)15-6-2-4-9(15)5-3-7-16/h8-9,16H,2-7H2,1H3,(H2,12,13). The molecule has 0 saturated carbocycles. The number of aromatic nitrogens is 2. The maximum Gasteiger partial charge on any atom is 0.248 e. The van der Waals surface area contributed by atoms with Gasteiger partial charge in [-0.2, -0.15) is 9.40 Å². The van der Waals surface area contributed by atoms with E-state index in [0.29, 0.717) is 19.4 Å². The quantitative estimate of drug-likeness (QED) is 0.789. The van der Waals surface area contributed by atoms with E-state index in [9.17, 15) is 8.42 Å². The van der Waals surface area contributed by atoms with Crippen LogP contribution >= 0.6 is 0 Å². The highest BCUT2D eigenvalue weighted by Crippen LogP contribution is 2.30. The summed E-state index contributed by atoms with van der Waals surface area (Å²) in [6, 6.07) is -0.0447. The van der Waals surface area contributed by atoms with Crippen molar-refractivity contribution in [1.29, 1.82) is 0 Å². The molecule has 1 aromatic heterocycles. The second kappa shape index (κ2) is 5.48. The van der Waals surface area contributed by atoms with E-state index in [4.69, 9.17) is 10.8 Å². The van der Waals surface area contributed by atoms with Crippen molar-refractivity contribution < 1.29 is 13.5 Å². The lowest BCUT2D eigenvalue weighted by molar-refractivity contribution is 0.264. The number of nitrogen functional groups attached to an aromatic ring is 1. The van der Waals surface area contributed by atoms with Crippen LogP contribution in [0.1, 0.15) is 25.7 Å². The molecule has 0 bridgehead atoms. The van der Waals surface area contributed by atoms with Gasteiger partial charge in [-0.1, -0.05) is 0 Å². The molecule has 1 aliphatic heterocycles. The van der Waals surface area contributed by atoms with Gasteiger partial charge in [0.05, 0.1) is 0 Å². The predicted octanol–water partition coefficient (Wildman–Crippen LogP) is -0.0721. The van der Waals surface area contributed by atoms with Crippen LogP contribution in [0.2, 0.25) is 0 Å². The van der Waals surface area contributed by atoms with E-state index in [1.165, 1.54) is 15.2 Å². The van der Waals surface area contributed by atoms with Crippen LogP contribution in [-0.2, 0) is 17.1 Å². The summed E-state index contributed by atoms with van der Waals surface area (Å²) < 4.78 is 28.0. The number of nitrogens with two attached hydrogens (primary N) is 1. The molecule has 7 nitrogen and oxygen atoms in total. The van der Waals surface area contributed by atoms with E-state index in [0.717, 1.165) is 12.8 Å². The summed E-state index contributed by atoms with van der Waals surface area (Å²) >= 11 is 0. The summed E-state index contributed by atoms with van der Waals surface area (Å²) in [4.78, 5) is 0.0749. The molecule has 3 N–H and O–H groups in total. The van der Waals surface area contributed by atoms with Gasteiger partial charge in [0.15, 0.2) is 5.82 Å². The number of nitrogens with zero attached hydrogens (tertiary/aromatic N) is 3. The van der Waals surface area contributed by atoms with Crippen LogP contribution in [0.25, 0.3) is 0 Å². The zero-order chi connectivity index (χ0) is 14.0. The third-order valence-electron chi connectivity index (χ3n) is 3.43. The molecule has 2 heterocycles. The Hall–Kier alpha value is -1.12. The van der Waals surface area contributed by atoms with Crippen LogP contribution in [0, 0.1) is 0 Å². The van der Waals surface area contributed by atoms with Gasteiger partial charge in [-0.15, -0.1) is 0 Å². The smallest absolute Gasteiger partial charge is 0.248 e. The van der Waals surface area contributed by atoms with Gasteiger partial charge in [0.1, 0.15) is 4.90 Å². The van der Waals surface area contributed by atoms with Crippen molar-refractivity contribution in [3.63, 3.8) is 0 Å². The molecular weight excluding hydrogens is 268 g/mol. The summed E-state index contributed by atoms with van der Waals surface area (Å²) in [5.41, 5.74) is 5.66. The van der Waals surface area contributed by atoms with E-state index in [1.54, 1.807) is 7.05 Å². The van der Waals surface area contributed by atoms with E-state index in [2.05, 4.69) is 5.10 Å². The second-order valence-electron chi connectivity index (χ2n) is 4.83. The minimum absolute atomic E-state index is 0.0373. The van der Waals surface area contributed by atoms with Crippen molar-refractivity contribution in [2.45, 2.75) is 36.6 Å². The molecule has 1 atom stereocenters. The third-order valence-corrected chi connectivity index (χ3v) is 5.40. The van der Waals surface area contributed by atoms with Gasteiger partial charge in [-0.3, -0.25) is 4.68 Å². The molecule has 1 aliphatic rings. The fourth-order valence-corrected chi connectivity index (χ4v) is 4.37. The van der Waals surface area contributed by atoms with Crippen LogP contribution in [0.15, 0.2) is 11.1 Å². The average Bonchev–Trinajstić information content (AvgIpc) is 2.93. The van der Waals surface area contributed by atoms with Gasteiger partial charge in [-0.05, 0) is 25.7 Å². The molecule has 8 heteroatoms. The van der Waals surface area contributed by atoms with Crippen molar-refractivity contribution in [3.8, 4) is 0 Å². The molecule has 0 aliphatic carbocycles. The van der Waals surface area contributed by atoms with Gasteiger partial charge in [0, 0.05) is 32.4 Å². The maximum absolute atomic E-state index is 12.6. The normalized spacial score (nSPS) is 21.1. The fourth-order valence-electron chi connectivity index (χ4n) is 2.55. The first-order chi connectivity index (χ1) is 8.96. The van der Waals surface area contributed by atoms with Crippen LogP contribution in [0.3, 0.4) is 0 Å². The highest BCUT2D eigenvalue weighted by molar-refractivity contribution is 7.89. The Labute approximate surface area is 113 Å². The number of sulfonamides is 1. The van der Waals surface area contributed by atoms with Gasteiger partial charge in [-0.25, -0.2) is 8.42 Å². The van der Waals surface area contributed by atoms with Gasteiger partial charge < -0.3 is 10.8 Å². The van der Waals surface area contributed by atoms with Crippen LogP contribution in [0.4, 0.5) is 5.82 Å². The lowest BCUT2D eigenvalue weighted by atomic mass is 10.1. The Kier molecular flexibility index (Phi) is 4.12. The molecule has 1 aromatic rings. The molecule has 0 radical (unpaired) electrons. The number of aryl methyl sites for hydroxylation is 1. The number of hydrogen-bond acceptors (Lipinski definition) is 5. The number of aliphatic hydroxyl groups is 1. The van der Waals surface area contributed by atoms with Crippen molar-refractivity contribution in [3.05, 3.63) is 6.20 Å². The summed E-state index contributed by atoms with van der Waals surface area (Å²) in [5.74, 6) is 0.0373. The van der Waals surface area contributed by atoms with Gasteiger partial charge in [0.2, 0.25) is 10.0 Å². The Morgan fingerprint density at radius 1 is 1.58 bits per heavy atom. The molecule has 0 spiro atoms. The minimum Gasteiger partial charge on any atom is -0.396 e. The molecule has 108 valence electrons. The Bertz CT molecular complexity index is 540. The molecule has 1 saturated heterocycles. The molecule has 1 unspecified atom stereocenters. The zero-order valence-corrected chi connectivity index (χ0v) is 11.8. The third kappa shape index (κ3) is 2.75. The van der Waals surface area contributed by atoms with Gasteiger partial charge >= 0.3 is 0 Å². The number of anilines is 1. The van der Waals surface area contributed by atoms with E-state index in [-0.39, 0.29) is 23.4 Å². The maximum atomic E-state index is 12.6. The minimum atomic E-state index is -3.58. The predicted molar refractivity (Wildman–Crippen MR) is 70.9 cm³/mol. The zero-order valence-electron chi connectivity index (χ0n) is 11.0. The Morgan fingerprint density at radius 2 is 2.32 bits per heavy atom. The summed E-state index contributed by atoms with van der Waals surface area (Å²) in [6.45, 7) is 0.589. The monoisotopic (exact) mass is 288 g/mol. The number of rotatable bonds is 5. The van der Waals surface area contributed by atoms with Crippen molar-refractivity contribution in [1.82, 2.24) is 14.1 Å². The first kappa shape index (κ1) is 14.3. The van der Waals surface area contributed by atoms with Crippen molar-refractivity contribution in [2.75, 3.05) is 18.9 Å². The lowest BCUT2D eigenvalue weighted by Crippen LogP contribution is -2.35. The first-order valence-corrected chi connectivity index (χ1v) is 7.82. The molecule has 19 heavy (non-hydrogen) atoms. The SMILES string of the molecule is Cn1cc(S(=O)(=O)N2CCCC2CCCO)c(N)n1. The topological polar surface area (TPSA) is 101 Å².